The second-order valence-electron chi connectivity index (χ2n) is 3.95. The van der Waals surface area contributed by atoms with Crippen molar-refractivity contribution in [3.8, 4) is 5.75 Å². The van der Waals surface area contributed by atoms with Crippen molar-refractivity contribution in [3.05, 3.63) is 34.1 Å². The number of nitro groups is 1. The number of nitro benzene ring substituents is 1. The van der Waals surface area contributed by atoms with Gasteiger partial charge in [-0.05, 0) is 25.0 Å². The van der Waals surface area contributed by atoms with Crippen molar-refractivity contribution in [1.82, 2.24) is 5.32 Å². The zero-order valence-corrected chi connectivity index (χ0v) is 9.19. The quantitative estimate of drug-likeness (QED) is 0.468. The third-order valence-electron chi connectivity index (χ3n) is 2.49. The number of rotatable bonds is 6. The van der Waals surface area contributed by atoms with Crippen LogP contribution >= 0.6 is 0 Å². The van der Waals surface area contributed by atoms with E-state index in [2.05, 4.69) is 5.32 Å². The molecule has 0 spiro atoms. The predicted octanol–water partition coefficient (Wildman–Crippen LogP) is 1.86. The van der Waals surface area contributed by atoms with Crippen molar-refractivity contribution < 1.29 is 14.1 Å². The molecular weight excluding hydrogens is 227 g/mol. The molecule has 1 aromatic carbocycles. The zero-order chi connectivity index (χ0) is 12.3. The van der Waals surface area contributed by atoms with Gasteiger partial charge in [-0.3, -0.25) is 10.1 Å². The van der Waals surface area contributed by atoms with E-state index in [9.17, 15) is 14.5 Å². The second-order valence-corrected chi connectivity index (χ2v) is 3.95. The molecule has 92 valence electrons. The van der Waals surface area contributed by atoms with Crippen LogP contribution in [0.5, 0.6) is 5.75 Å². The maximum atomic E-state index is 12.8. The Morgan fingerprint density at radius 2 is 2.29 bits per heavy atom. The molecule has 0 aromatic heterocycles. The van der Waals surface area contributed by atoms with E-state index >= 15 is 0 Å². The van der Waals surface area contributed by atoms with Crippen LogP contribution in [0.1, 0.15) is 12.8 Å². The van der Waals surface area contributed by atoms with Gasteiger partial charge in [0.2, 0.25) is 0 Å². The number of nitrogens with one attached hydrogen (secondary N) is 1. The molecule has 6 heteroatoms. The zero-order valence-electron chi connectivity index (χ0n) is 9.19. The highest BCUT2D eigenvalue weighted by Crippen LogP contribution is 2.27. The summed E-state index contributed by atoms with van der Waals surface area (Å²) in [6, 6.07) is 3.87. The van der Waals surface area contributed by atoms with Crippen LogP contribution in [-0.2, 0) is 0 Å². The van der Waals surface area contributed by atoms with E-state index in [1.54, 1.807) is 0 Å². The molecule has 1 fully saturated rings. The van der Waals surface area contributed by atoms with Crippen molar-refractivity contribution in [3.63, 3.8) is 0 Å². The summed E-state index contributed by atoms with van der Waals surface area (Å²) >= 11 is 0. The highest BCUT2D eigenvalue weighted by molar-refractivity contribution is 5.46. The Morgan fingerprint density at radius 3 is 2.94 bits per heavy atom. The molecule has 1 aliphatic carbocycles. The van der Waals surface area contributed by atoms with E-state index in [-0.39, 0.29) is 11.4 Å². The molecule has 1 N–H and O–H groups in total. The monoisotopic (exact) mass is 240 g/mol. The fraction of sp³-hybridized carbons (Fsp3) is 0.455. The molecule has 1 saturated carbocycles. The summed E-state index contributed by atoms with van der Waals surface area (Å²) in [6.45, 7) is 0.974. The van der Waals surface area contributed by atoms with E-state index in [1.165, 1.54) is 18.9 Å². The Labute approximate surface area is 97.7 Å². The highest BCUT2D eigenvalue weighted by Gasteiger charge is 2.20. The summed E-state index contributed by atoms with van der Waals surface area (Å²) < 4.78 is 18.1. The van der Waals surface area contributed by atoms with Crippen LogP contribution in [-0.4, -0.2) is 24.1 Å². The standard InChI is InChI=1S/C11H13FN2O3/c12-8-1-4-11(10(7-8)14(15)16)17-6-5-13-9-2-3-9/h1,4,7,9,13H,2-3,5-6H2. The lowest BCUT2D eigenvalue weighted by molar-refractivity contribution is -0.386. The minimum Gasteiger partial charge on any atom is -0.485 e. The fourth-order valence-corrected chi connectivity index (χ4v) is 1.47. The Bertz CT molecular complexity index is 421. The van der Waals surface area contributed by atoms with Gasteiger partial charge in [0.05, 0.1) is 11.0 Å². The minimum absolute atomic E-state index is 0.106. The lowest BCUT2D eigenvalue weighted by Gasteiger charge is -2.07. The largest absolute Gasteiger partial charge is 0.485 e. The molecule has 0 atom stereocenters. The number of nitrogens with zero attached hydrogens (tertiary/aromatic N) is 1. The van der Waals surface area contributed by atoms with Gasteiger partial charge in [0, 0.05) is 12.6 Å². The van der Waals surface area contributed by atoms with Crippen molar-refractivity contribution in [1.29, 1.82) is 0 Å². The van der Waals surface area contributed by atoms with E-state index < -0.39 is 10.7 Å². The molecule has 5 nitrogen and oxygen atoms in total. The van der Waals surface area contributed by atoms with Crippen LogP contribution in [0.3, 0.4) is 0 Å². The van der Waals surface area contributed by atoms with Gasteiger partial charge in [-0.2, -0.15) is 0 Å². The first-order valence-corrected chi connectivity index (χ1v) is 5.47. The van der Waals surface area contributed by atoms with Gasteiger partial charge in [-0.15, -0.1) is 0 Å². The van der Waals surface area contributed by atoms with Gasteiger partial charge in [-0.25, -0.2) is 4.39 Å². The van der Waals surface area contributed by atoms with Gasteiger partial charge < -0.3 is 10.1 Å². The lowest BCUT2D eigenvalue weighted by Crippen LogP contribution is -2.23. The Kier molecular flexibility index (Phi) is 3.53. The summed E-state index contributed by atoms with van der Waals surface area (Å²) in [4.78, 5) is 10.0. The molecule has 17 heavy (non-hydrogen) atoms. The first-order chi connectivity index (χ1) is 8.16. The third kappa shape index (κ3) is 3.39. The van der Waals surface area contributed by atoms with Crippen molar-refractivity contribution in [2.24, 2.45) is 0 Å². The first-order valence-electron chi connectivity index (χ1n) is 5.47. The summed E-state index contributed by atoms with van der Waals surface area (Å²) in [5.41, 5.74) is -0.337. The number of benzene rings is 1. The molecular formula is C11H13FN2O3. The smallest absolute Gasteiger partial charge is 0.313 e. The third-order valence-corrected chi connectivity index (χ3v) is 2.49. The molecule has 1 aromatic rings. The summed E-state index contributed by atoms with van der Waals surface area (Å²) in [5.74, 6) is -0.533. The number of ether oxygens (including phenoxy) is 1. The minimum atomic E-state index is -0.646. The van der Waals surface area contributed by atoms with Gasteiger partial charge >= 0.3 is 5.69 Å². The highest BCUT2D eigenvalue weighted by atomic mass is 19.1. The molecule has 0 amide bonds. The first kappa shape index (κ1) is 11.8. The topological polar surface area (TPSA) is 64.4 Å². The maximum Gasteiger partial charge on any atom is 0.313 e. The average Bonchev–Trinajstić information content (AvgIpc) is 3.09. The van der Waals surface area contributed by atoms with Crippen LogP contribution in [0.2, 0.25) is 0 Å². The van der Waals surface area contributed by atoms with Crippen LogP contribution in [0.4, 0.5) is 10.1 Å². The van der Waals surface area contributed by atoms with Crippen molar-refractivity contribution in [2.75, 3.05) is 13.2 Å². The average molecular weight is 240 g/mol. The van der Waals surface area contributed by atoms with Gasteiger partial charge in [0.25, 0.3) is 0 Å². The number of halogens is 1. The van der Waals surface area contributed by atoms with Crippen LogP contribution in [0, 0.1) is 15.9 Å². The van der Waals surface area contributed by atoms with Crippen LogP contribution < -0.4 is 10.1 Å². The SMILES string of the molecule is O=[N+]([O-])c1cc(F)ccc1OCCNC1CC1. The fourth-order valence-electron chi connectivity index (χ4n) is 1.47. The lowest BCUT2D eigenvalue weighted by atomic mass is 10.3. The predicted molar refractivity (Wildman–Crippen MR) is 59.6 cm³/mol. The van der Waals surface area contributed by atoms with Crippen LogP contribution in [0.15, 0.2) is 18.2 Å². The van der Waals surface area contributed by atoms with E-state index in [0.29, 0.717) is 19.2 Å². The Morgan fingerprint density at radius 1 is 1.53 bits per heavy atom. The van der Waals surface area contributed by atoms with Gasteiger partial charge in [0.15, 0.2) is 5.75 Å². The van der Waals surface area contributed by atoms with Crippen LogP contribution in [0.25, 0.3) is 0 Å². The Hall–Kier alpha value is -1.69. The summed E-state index contributed by atoms with van der Waals surface area (Å²) in [7, 11) is 0. The molecule has 2 rings (SSSR count). The van der Waals surface area contributed by atoms with E-state index in [0.717, 1.165) is 12.1 Å². The second kappa shape index (κ2) is 5.09. The van der Waals surface area contributed by atoms with Crippen molar-refractivity contribution >= 4 is 5.69 Å². The molecule has 0 heterocycles. The van der Waals surface area contributed by atoms with E-state index in [4.69, 9.17) is 4.74 Å². The molecule has 1 aliphatic rings. The van der Waals surface area contributed by atoms with Gasteiger partial charge in [0.1, 0.15) is 12.4 Å². The molecule has 0 bridgehead atoms. The molecule has 0 unspecified atom stereocenters. The number of hydrogen-bond acceptors (Lipinski definition) is 4. The summed E-state index contributed by atoms with van der Waals surface area (Å²) in [5, 5.41) is 13.9. The van der Waals surface area contributed by atoms with Crippen molar-refractivity contribution in [2.45, 2.75) is 18.9 Å². The molecule has 0 radical (unpaired) electrons. The normalized spacial score (nSPS) is 14.6. The maximum absolute atomic E-state index is 12.8. The molecule has 0 saturated heterocycles. The number of hydrogen-bond donors (Lipinski definition) is 1. The Balaban J connectivity index is 1.91. The summed E-state index contributed by atoms with van der Waals surface area (Å²) in [6.07, 6.45) is 2.35. The van der Waals surface area contributed by atoms with E-state index in [1.807, 2.05) is 0 Å². The van der Waals surface area contributed by atoms with Gasteiger partial charge in [-0.1, -0.05) is 0 Å². The molecule has 0 aliphatic heterocycles.